The van der Waals surface area contributed by atoms with Gasteiger partial charge in [0.1, 0.15) is 29.0 Å². The Balaban J connectivity index is 1.69. The fourth-order valence-electron chi connectivity index (χ4n) is 3.84. The number of carbonyl (C=O) groups excluding carboxylic acids is 1. The summed E-state index contributed by atoms with van der Waals surface area (Å²) in [5.41, 5.74) is 3.97. The predicted molar refractivity (Wildman–Crippen MR) is 118 cm³/mol. The first-order chi connectivity index (χ1) is 14.3. The van der Waals surface area contributed by atoms with Gasteiger partial charge in [0.05, 0.1) is 17.5 Å². The molecule has 2 heterocycles. The zero-order valence-electron chi connectivity index (χ0n) is 18.0. The normalized spacial score (nSPS) is 21.9. The Kier molecular flexibility index (Phi) is 5.19. The number of carbonyl (C=O) groups is 1. The van der Waals surface area contributed by atoms with E-state index in [-0.39, 0.29) is 23.6 Å². The summed E-state index contributed by atoms with van der Waals surface area (Å²) in [6, 6.07) is 9.13. The molecule has 2 aliphatic heterocycles. The van der Waals surface area contributed by atoms with Crippen molar-refractivity contribution in [1.82, 2.24) is 0 Å². The summed E-state index contributed by atoms with van der Waals surface area (Å²) in [6.07, 6.45) is 7.49. The van der Waals surface area contributed by atoms with Crippen LogP contribution in [-0.4, -0.2) is 16.5 Å². The molecule has 0 bridgehead atoms. The van der Waals surface area contributed by atoms with Gasteiger partial charge >= 0.3 is 0 Å². The Morgan fingerprint density at radius 1 is 1.27 bits per heavy atom. The second kappa shape index (κ2) is 7.67. The third-order valence-corrected chi connectivity index (χ3v) is 5.94. The number of phenolic OH excluding ortho intramolecular Hbond substituents is 1. The van der Waals surface area contributed by atoms with E-state index in [2.05, 4.69) is 13.0 Å². The number of rotatable bonds is 4. The second-order valence-electron chi connectivity index (χ2n) is 8.56. The Morgan fingerprint density at radius 3 is 2.80 bits per heavy atom. The predicted octanol–water partition coefficient (Wildman–Crippen LogP) is 6.18. The molecule has 2 aromatic rings. The van der Waals surface area contributed by atoms with Crippen molar-refractivity contribution in [2.24, 2.45) is 0 Å². The number of fused-ring (bicyclic) bond motifs is 3. The summed E-state index contributed by atoms with van der Waals surface area (Å²) in [5.74, 6) is 1.64. The lowest BCUT2D eigenvalue weighted by Crippen LogP contribution is -2.31. The van der Waals surface area contributed by atoms with Gasteiger partial charge < -0.3 is 14.6 Å². The second-order valence-corrected chi connectivity index (χ2v) is 8.56. The molecule has 0 saturated heterocycles. The van der Waals surface area contributed by atoms with Crippen LogP contribution in [-0.2, 0) is 6.42 Å². The number of aromatic hydroxyl groups is 1. The molecule has 0 amide bonds. The van der Waals surface area contributed by atoms with Crippen molar-refractivity contribution >= 4 is 11.9 Å². The minimum atomic E-state index is -0.393. The van der Waals surface area contributed by atoms with Gasteiger partial charge in [0.25, 0.3) is 0 Å². The van der Waals surface area contributed by atoms with E-state index in [1.165, 1.54) is 5.57 Å². The van der Waals surface area contributed by atoms with Crippen molar-refractivity contribution < 1.29 is 19.4 Å². The fraction of sp³-hybridized carbons (Fsp3) is 0.346. The Hall–Kier alpha value is -3.01. The van der Waals surface area contributed by atoms with Gasteiger partial charge in [-0.05, 0) is 81.2 Å². The first-order valence-electron chi connectivity index (χ1n) is 10.5. The molecule has 0 fully saturated rings. The van der Waals surface area contributed by atoms with E-state index in [0.717, 1.165) is 28.9 Å². The number of phenols is 1. The minimum Gasteiger partial charge on any atom is -0.508 e. The van der Waals surface area contributed by atoms with Gasteiger partial charge in [-0.2, -0.15) is 0 Å². The lowest BCUT2D eigenvalue weighted by molar-refractivity contribution is 0.0845. The smallest absolute Gasteiger partial charge is 0.170 e. The van der Waals surface area contributed by atoms with E-state index in [9.17, 15) is 9.90 Å². The van der Waals surface area contributed by atoms with Gasteiger partial charge in [-0.25, -0.2) is 0 Å². The molecule has 2 aromatic carbocycles. The molecule has 1 N–H and O–H groups in total. The van der Waals surface area contributed by atoms with E-state index in [1.54, 1.807) is 12.1 Å². The van der Waals surface area contributed by atoms with Crippen LogP contribution in [0.15, 0.2) is 48.1 Å². The highest BCUT2D eigenvalue weighted by Crippen LogP contribution is 2.45. The molecule has 2 aliphatic rings. The summed E-state index contributed by atoms with van der Waals surface area (Å²) < 4.78 is 12.5. The molecule has 2 atom stereocenters. The molecule has 156 valence electrons. The Morgan fingerprint density at radius 2 is 2.07 bits per heavy atom. The van der Waals surface area contributed by atoms with E-state index < -0.39 is 6.10 Å². The van der Waals surface area contributed by atoms with E-state index in [4.69, 9.17) is 9.47 Å². The molecule has 4 heteroatoms. The first-order valence-corrected chi connectivity index (χ1v) is 10.5. The highest BCUT2D eigenvalue weighted by Gasteiger charge is 2.34. The highest BCUT2D eigenvalue weighted by atomic mass is 16.5. The zero-order valence-corrected chi connectivity index (χ0v) is 18.0. The van der Waals surface area contributed by atoms with Gasteiger partial charge in [-0.15, -0.1) is 0 Å². The van der Waals surface area contributed by atoms with Gasteiger partial charge in [0.15, 0.2) is 5.78 Å². The monoisotopic (exact) mass is 404 g/mol. The third-order valence-electron chi connectivity index (χ3n) is 5.94. The topological polar surface area (TPSA) is 55.8 Å². The maximum Gasteiger partial charge on any atom is 0.170 e. The van der Waals surface area contributed by atoms with Crippen LogP contribution in [0, 0.1) is 0 Å². The quantitative estimate of drug-likeness (QED) is 0.618. The van der Waals surface area contributed by atoms with Gasteiger partial charge in [0.2, 0.25) is 0 Å². The number of hydrogen-bond acceptors (Lipinski definition) is 4. The average molecular weight is 405 g/mol. The largest absolute Gasteiger partial charge is 0.508 e. The number of Topliss-reactive ketones (excluding diaryl/α,β-unsaturated/α-hetero) is 1. The summed E-state index contributed by atoms with van der Waals surface area (Å²) >= 11 is 0. The molecule has 4 nitrogen and oxygen atoms in total. The van der Waals surface area contributed by atoms with Crippen LogP contribution < -0.4 is 9.47 Å². The van der Waals surface area contributed by atoms with Gasteiger partial charge in [-0.1, -0.05) is 24.6 Å². The molecule has 0 aromatic heterocycles. The lowest BCUT2D eigenvalue weighted by atomic mass is 9.91. The maximum atomic E-state index is 12.9. The van der Waals surface area contributed by atoms with Crippen molar-refractivity contribution in [2.75, 3.05) is 0 Å². The summed E-state index contributed by atoms with van der Waals surface area (Å²) in [6.45, 7) is 8.19. The van der Waals surface area contributed by atoms with Crippen molar-refractivity contribution in [3.05, 3.63) is 70.3 Å². The molecule has 4 rings (SSSR count). The fourth-order valence-corrected chi connectivity index (χ4v) is 3.84. The summed E-state index contributed by atoms with van der Waals surface area (Å²) in [4.78, 5) is 12.9. The van der Waals surface area contributed by atoms with Crippen molar-refractivity contribution in [1.29, 1.82) is 0 Å². The molecule has 0 spiro atoms. The average Bonchev–Trinajstić information content (AvgIpc) is 2.72. The minimum absolute atomic E-state index is 0.0557. The first kappa shape index (κ1) is 20.3. The maximum absolute atomic E-state index is 12.9. The third kappa shape index (κ3) is 3.74. The Bertz CT molecular complexity index is 1060. The molecule has 0 aliphatic carbocycles. The van der Waals surface area contributed by atoms with E-state index >= 15 is 0 Å². The van der Waals surface area contributed by atoms with Crippen molar-refractivity contribution in [3.8, 4) is 17.2 Å². The van der Waals surface area contributed by atoms with Crippen LogP contribution in [0.4, 0.5) is 0 Å². The molecular weight excluding hydrogens is 376 g/mol. The van der Waals surface area contributed by atoms with Crippen LogP contribution in [0.5, 0.6) is 17.2 Å². The van der Waals surface area contributed by atoms with Crippen molar-refractivity contribution in [3.63, 3.8) is 0 Å². The SMILES string of the molecule is CCC1(C)C=Cc2c(ccc3c2OC(c2ccc(O)c(CC=C(C)C)c2)CC3=O)O1. The summed E-state index contributed by atoms with van der Waals surface area (Å²) in [5, 5.41) is 10.2. The summed E-state index contributed by atoms with van der Waals surface area (Å²) in [7, 11) is 0. The van der Waals surface area contributed by atoms with Crippen molar-refractivity contribution in [2.45, 2.75) is 58.7 Å². The Labute approximate surface area is 177 Å². The lowest BCUT2D eigenvalue weighted by Gasteiger charge is -2.34. The van der Waals surface area contributed by atoms with Crippen LogP contribution in [0.3, 0.4) is 0 Å². The zero-order chi connectivity index (χ0) is 21.5. The molecular formula is C26H28O4. The number of ketones is 1. The number of allylic oxidation sites excluding steroid dienone is 2. The molecule has 30 heavy (non-hydrogen) atoms. The number of benzene rings is 2. The van der Waals surface area contributed by atoms with Gasteiger partial charge in [0, 0.05) is 0 Å². The molecule has 2 unspecified atom stereocenters. The van der Waals surface area contributed by atoms with E-state index in [0.29, 0.717) is 17.7 Å². The van der Waals surface area contributed by atoms with Crippen LogP contribution in [0.1, 0.15) is 73.7 Å². The number of ether oxygens (including phenoxy) is 2. The van der Waals surface area contributed by atoms with Crippen LogP contribution in [0.2, 0.25) is 0 Å². The number of hydrogen-bond donors (Lipinski definition) is 1. The molecule has 0 radical (unpaired) electrons. The van der Waals surface area contributed by atoms with Crippen LogP contribution >= 0.6 is 0 Å². The van der Waals surface area contributed by atoms with Crippen LogP contribution in [0.25, 0.3) is 6.08 Å². The highest BCUT2D eigenvalue weighted by molar-refractivity contribution is 6.01. The standard InChI is InChI=1S/C26H28O4/c1-5-26(4)13-12-20-23(30-26)11-9-19-22(28)15-24(29-25(19)20)18-8-10-21(27)17(14-18)7-6-16(2)3/h6,8-14,24,27H,5,7,15H2,1-4H3. The van der Waals surface area contributed by atoms with E-state index in [1.807, 2.05) is 51.1 Å². The molecule has 0 saturated carbocycles. The van der Waals surface area contributed by atoms with Gasteiger partial charge in [-0.3, -0.25) is 4.79 Å².